The molecule has 2 rings (SSSR count). The second kappa shape index (κ2) is 18.6. The van der Waals surface area contributed by atoms with Crippen LogP contribution in [0.3, 0.4) is 0 Å². The number of allylic oxidation sites excluding steroid dienone is 6. The maximum Gasteiger partial charge on any atom is 0.115 e. The summed E-state index contributed by atoms with van der Waals surface area (Å²) in [6.45, 7) is 20.1. The summed E-state index contributed by atoms with van der Waals surface area (Å²) >= 11 is 0. The number of aliphatic imine (C=N–C) groups is 2. The van der Waals surface area contributed by atoms with E-state index in [9.17, 15) is 0 Å². The van der Waals surface area contributed by atoms with Crippen molar-refractivity contribution in [3.8, 4) is 0 Å². The van der Waals surface area contributed by atoms with Gasteiger partial charge in [0.15, 0.2) is 0 Å². The van der Waals surface area contributed by atoms with Gasteiger partial charge in [0.1, 0.15) is 6.34 Å². The second-order valence-electron chi connectivity index (χ2n) is 3.37. The summed E-state index contributed by atoms with van der Waals surface area (Å²) in [4.78, 5) is 8.49. The van der Waals surface area contributed by atoms with Crippen LogP contribution < -0.4 is 0 Å². The Labute approximate surface area is 133 Å². The van der Waals surface area contributed by atoms with Gasteiger partial charge in [0, 0.05) is 17.8 Å². The highest BCUT2D eigenvalue weighted by Crippen LogP contribution is 2.19. The number of fused-ring (bicyclic) bond motifs is 2. The zero-order valence-electron chi connectivity index (χ0n) is 15.9. The molecule has 0 aromatic heterocycles. The lowest BCUT2D eigenvalue weighted by atomic mass is 10.1. The van der Waals surface area contributed by atoms with Crippen molar-refractivity contribution in [2.24, 2.45) is 9.98 Å². The van der Waals surface area contributed by atoms with Gasteiger partial charge in [0.25, 0.3) is 0 Å². The Hall–Kier alpha value is -1.44. The van der Waals surface area contributed by atoms with Crippen LogP contribution in [-0.4, -0.2) is 12.1 Å². The lowest BCUT2D eigenvalue weighted by Crippen LogP contribution is -1.94. The van der Waals surface area contributed by atoms with Gasteiger partial charge in [-0.05, 0) is 31.1 Å². The first kappa shape index (κ1) is 24.6. The molecule has 122 valence electrons. The average molecular weight is 293 g/mol. The standard InChI is InChI=1S/C11H12N2.4C2H6/c1-8-3-4-10-6-11(5-8)13-7-12-9(10)2;4*1-2/h3-5,7H,6H2,1-2H3;4*1-2H3. The summed E-state index contributed by atoms with van der Waals surface area (Å²) in [7, 11) is 0. The highest BCUT2D eigenvalue weighted by atomic mass is 14.9. The summed E-state index contributed by atoms with van der Waals surface area (Å²) in [6.07, 6.45) is 8.89. The Morgan fingerprint density at radius 3 is 1.86 bits per heavy atom. The number of hydrogen-bond donors (Lipinski definition) is 0. The van der Waals surface area contributed by atoms with Gasteiger partial charge in [-0.3, -0.25) is 0 Å². The molecule has 1 aliphatic heterocycles. The average Bonchev–Trinajstić information content (AvgIpc) is 2.87. The first-order valence-electron chi connectivity index (χ1n) is 8.41. The van der Waals surface area contributed by atoms with Crippen LogP contribution in [0, 0.1) is 0 Å². The predicted molar refractivity (Wildman–Crippen MR) is 102 cm³/mol. The molecule has 0 spiro atoms. The third kappa shape index (κ3) is 10.9. The van der Waals surface area contributed by atoms with Crippen molar-refractivity contribution in [2.45, 2.75) is 75.7 Å². The van der Waals surface area contributed by atoms with Crippen molar-refractivity contribution in [2.75, 3.05) is 0 Å². The molecular weight excluding hydrogens is 256 g/mol. The van der Waals surface area contributed by atoms with Crippen molar-refractivity contribution in [1.29, 1.82) is 0 Å². The van der Waals surface area contributed by atoms with E-state index in [0.717, 1.165) is 17.8 Å². The fourth-order valence-electron chi connectivity index (χ4n) is 1.45. The van der Waals surface area contributed by atoms with Gasteiger partial charge >= 0.3 is 0 Å². The molecular formula is C19H36N2. The van der Waals surface area contributed by atoms with E-state index in [1.54, 1.807) is 6.34 Å². The molecule has 0 aromatic rings. The Morgan fingerprint density at radius 1 is 0.810 bits per heavy atom. The Morgan fingerprint density at radius 2 is 1.33 bits per heavy atom. The molecule has 0 saturated heterocycles. The number of rotatable bonds is 0. The van der Waals surface area contributed by atoms with Gasteiger partial charge in [-0.2, -0.15) is 0 Å². The maximum absolute atomic E-state index is 4.27. The van der Waals surface area contributed by atoms with Crippen LogP contribution in [0.15, 0.2) is 45.1 Å². The summed E-state index contributed by atoms with van der Waals surface area (Å²) < 4.78 is 0. The minimum atomic E-state index is 0.902. The van der Waals surface area contributed by atoms with Crippen LogP contribution in [0.5, 0.6) is 0 Å². The monoisotopic (exact) mass is 292 g/mol. The maximum atomic E-state index is 4.27. The van der Waals surface area contributed by atoms with Crippen LogP contribution in [0.2, 0.25) is 0 Å². The molecule has 2 bridgehead atoms. The van der Waals surface area contributed by atoms with E-state index >= 15 is 0 Å². The van der Waals surface area contributed by atoms with Crippen molar-refractivity contribution >= 4 is 12.1 Å². The van der Waals surface area contributed by atoms with Gasteiger partial charge in [-0.15, -0.1) is 0 Å². The molecule has 0 aromatic carbocycles. The van der Waals surface area contributed by atoms with E-state index in [4.69, 9.17) is 0 Å². The highest BCUT2D eigenvalue weighted by Gasteiger charge is 2.08. The van der Waals surface area contributed by atoms with Gasteiger partial charge in [-0.1, -0.05) is 67.5 Å². The fourth-order valence-corrected chi connectivity index (χ4v) is 1.45. The van der Waals surface area contributed by atoms with Crippen LogP contribution in [0.1, 0.15) is 75.7 Å². The lowest BCUT2D eigenvalue weighted by Gasteiger charge is -1.99. The van der Waals surface area contributed by atoms with Crippen LogP contribution in [-0.2, 0) is 0 Å². The first-order chi connectivity index (χ1) is 10.3. The number of hydrogen-bond acceptors (Lipinski definition) is 2. The quantitative estimate of drug-likeness (QED) is 0.471. The van der Waals surface area contributed by atoms with Gasteiger partial charge in [-0.25, -0.2) is 9.98 Å². The SMILES string of the molecule is CC.CC.CC.CC.CC1=CC2=NC=NC(C)=C(C=C1)C2. The normalized spacial score (nSPS) is 14.0. The largest absolute Gasteiger partial charge is 0.241 e. The Kier molecular flexibility index (Phi) is 21.7. The molecule has 0 unspecified atom stereocenters. The Balaban J connectivity index is -0.000000353. The van der Waals surface area contributed by atoms with Crippen LogP contribution in [0.25, 0.3) is 0 Å². The molecule has 0 fully saturated rings. The van der Waals surface area contributed by atoms with E-state index in [1.807, 2.05) is 62.3 Å². The highest BCUT2D eigenvalue weighted by molar-refractivity contribution is 6.02. The van der Waals surface area contributed by atoms with Crippen molar-refractivity contribution < 1.29 is 0 Å². The van der Waals surface area contributed by atoms with Crippen LogP contribution in [0.4, 0.5) is 0 Å². The predicted octanol–water partition coefficient (Wildman–Crippen LogP) is 6.75. The lowest BCUT2D eigenvalue weighted by molar-refractivity contribution is 1.21. The molecule has 0 N–H and O–H groups in total. The molecule has 2 aliphatic rings. The third-order valence-corrected chi connectivity index (χ3v) is 2.25. The minimum absolute atomic E-state index is 0.902. The van der Waals surface area contributed by atoms with E-state index in [-0.39, 0.29) is 0 Å². The zero-order valence-corrected chi connectivity index (χ0v) is 15.9. The van der Waals surface area contributed by atoms with E-state index in [0.29, 0.717) is 0 Å². The summed E-state index contributed by atoms with van der Waals surface area (Å²) in [6, 6.07) is 0. The van der Waals surface area contributed by atoms with Crippen LogP contribution >= 0.6 is 0 Å². The van der Waals surface area contributed by atoms with Crippen molar-refractivity contribution in [3.63, 3.8) is 0 Å². The van der Waals surface area contributed by atoms with E-state index < -0.39 is 0 Å². The summed E-state index contributed by atoms with van der Waals surface area (Å²) in [5, 5.41) is 0. The molecule has 1 heterocycles. The van der Waals surface area contributed by atoms with Crippen molar-refractivity contribution in [1.82, 2.24) is 0 Å². The van der Waals surface area contributed by atoms with E-state index in [2.05, 4.69) is 35.1 Å². The molecule has 0 amide bonds. The summed E-state index contributed by atoms with van der Waals surface area (Å²) in [5.41, 5.74) is 4.67. The van der Waals surface area contributed by atoms with Gasteiger partial charge in [0.2, 0.25) is 0 Å². The fraction of sp³-hybridized carbons (Fsp3) is 0.579. The van der Waals surface area contributed by atoms with E-state index in [1.165, 1.54) is 11.1 Å². The molecule has 2 heteroatoms. The molecule has 1 aliphatic carbocycles. The molecule has 0 radical (unpaired) electrons. The molecule has 21 heavy (non-hydrogen) atoms. The zero-order chi connectivity index (χ0) is 17.3. The van der Waals surface area contributed by atoms with Gasteiger partial charge in [0.05, 0.1) is 0 Å². The molecule has 2 nitrogen and oxygen atoms in total. The minimum Gasteiger partial charge on any atom is -0.241 e. The van der Waals surface area contributed by atoms with Crippen molar-refractivity contribution in [3.05, 3.63) is 35.1 Å². The first-order valence-corrected chi connectivity index (χ1v) is 8.41. The third-order valence-electron chi connectivity index (χ3n) is 2.25. The van der Waals surface area contributed by atoms with Gasteiger partial charge < -0.3 is 0 Å². The number of nitrogens with zero attached hydrogens (tertiary/aromatic N) is 2. The summed E-state index contributed by atoms with van der Waals surface area (Å²) in [5.74, 6) is 0. The molecule has 0 atom stereocenters. The Bertz CT molecular complexity index is 380. The smallest absolute Gasteiger partial charge is 0.115 e. The second-order valence-corrected chi connectivity index (χ2v) is 3.37. The topological polar surface area (TPSA) is 24.7 Å². The molecule has 0 saturated carbocycles.